The molecule has 0 saturated heterocycles. The Labute approximate surface area is 238 Å². The van der Waals surface area contributed by atoms with Crippen LogP contribution in [0, 0.1) is 11.2 Å². The van der Waals surface area contributed by atoms with Gasteiger partial charge in [0.25, 0.3) is 0 Å². The van der Waals surface area contributed by atoms with E-state index in [2.05, 4.69) is 20.3 Å². The first-order valence-electron chi connectivity index (χ1n) is 13.2. The number of aromatic nitrogens is 7. The maximum absolute atomic E-state index is 14.5. The molecule has 2 N–H and O–H groups in total. The summed E-state index contributed by atoms with van der Waals surface area (Å²) in [5, 5.41) is 28.8. The van der Waals surface area contributed by atoms with E-state index in [1.165, 1.54) is 41.5 Å². The molecule has 0 bridgehead atoms. The molecule has 41 heavy (non-hydrogen) atoms. The monoisotopic (exact) mass is 579 g/mol. The second-order valence-corrected chi connectivity index (χ2v) is 11.5. The first kappa shape index (κ1) is 27.0. The number of hydrogen-bond acceptors (Lipinski definition) is 7. The number of carboxylic acids is 1. The van der Waals surface area contributed by atoms with Gasteiger partial charge in [-0.2, -0.15) is 0 Å². The van der Waals surface area contributed by atoms with E-state index in [0.717, 1.165) is 18.4 Å². The molecule has 1 saturated carbocycles. The van der Waals surface area contributed by atoms with Gasteiger partial charge in [-0.1, -0.05) is 16.8 Å². The Bertz CT molecular complexity index is 1820. The fourth-order valence-corrected chi connectivity index (χ4v) is 5.06. The van der Waals surface area contributed by atoms with Crippen LogP contribution in [0.1, 0.15) is 78.1 Å². The number of aryl methyl sites for hydroxylation is 1. The van der Waals surface area contributed by atoms with Gasteiger partial charge in [-0.25, -0.2) is 19.0 Å². The van der Waals surface area contributed by atoms with Crippen LogP contribution in [-0.4, -0.2) is 55.7 Å². The fourth-order valence-electron chi connectivity index (χ4n) is 4.92. The maximum Gasteiger partial charge on any atom is 0.312 e. The Morgan fingerprint density at radius 2 is 2.00 bits per heavy atom. The molecule has 1 aliphatic carbocycles. The average Bonchev–Trinajstić information content (AvgIpc) is 3.34. The minimum absolute atomic E-state index is 0.0172. The van der Waals surface area contributed by atoms with Gasteiger partial charge in [0.15, 0.2) is 11.6 Å². The number of aliphatic hydroxyl groups excluding tert-OH is 1. The van der Waals surface area contributed by atoms with Crippen molar-refractivity contribution in [3.8, 4) is 0 Å². The Morgan fingerprint density at radius 1 is 1.22 bits per heavy atom. The second kappa shape index (κ2) is 10.0. The van der Waals surface area contributed by atoms with Gasteiger partial charge in [0.1, 0.15) is 16.9 Å². The van der Waals surface area contributed by atoms with Crippen molar-refractivity contribution in [1.82, 2.24) is 33.8 Å². The molecule has 1 fully saturated rings. The van der Waals surface area contributed by atoms with Crippen LogP contribution in [0.25, 0.3) is 11.2 Å². The van der Waals surface area contributed by atoms with E-state index < -0.39 is 23.3 Å². The summed E-state index contributed by atoms with van der Waals surface area (Å²) in [5.41, 5.74) is 1.93. The van der Waals surface area contributed by atoms with Crippen LogP contribution in [0.3, 0.4) is 0 Å². The van der Waals surface area contributed by atoms with Crippen molar-refractivity contribution in [1.29, 1.82) is 0 Å². The quantitative estimate of drug-likeness (QED) is 0.234. The van der Waals surface area contributed by atoms with Crippen LogP contribution in [0.4, 0.5) is 4.39 Å². The summed E-state index contributed by atoms with van der Waals surface area (Å²) in [4.78, 5) is 33.6. The van der Waals surface area contributed by atoms with Crippen molar-refractivity contribution < 1.29 is 24.2 Å². The lowest BCUT2D eigenvalue weighted by Crippen LogP contribution is -2.31. The van der Waals surface area contributed by atoms with Gasteiger partial charge in [0.2, 0.25) is 0 Å². The summed E-state index contributed by atoms with van der Waals surface area (Å²) in [5.74, 6) is -1.59. The largest absolute Gasteiger partial charge is 0.481 e. The molecule has 5 aromatic rings. The molecule has 0 radical (unpaired) electrons. The van der Waals surface area contributed by atoms with Crippen LogP contribution in [0.15, 0.2) is 43.2 Å². The zero-order valence-electron chi connectivity index (χ0n) is 22.3. The highest BCUT2D eigenvalue weighted by molar-refractivity contribution is 6.31. The lowest BCUT2D eigenvalue weighted by Gasteiger charge is -2.26. The Kier molecular flexibility index (Phi) is 6.62. The number of carbonyl (C=O) groups is 2. The van der Waals surface area contributed by atoms with Crippen LogP contribution in [0.2, 0.25) is 5.02 Å². The number of nitrogens with zero attached hydrogens (tertiary/aromatic N) is 7. The molecule has 0 aliphatic heterocycles. The Balaban J connectivity index is 1.21. The van der Waals surface area contributed by atoms with Crippen molar-refractivity contribution in [3.63, 3.8) is 0 Å². The van der Waals surface area contributed by atoms with Gasteiger partial charge < -0.3 is 19.0 Å². The summed E-state index contributed by atoms with van der Waals surface area (Å²) in [6.45, 7) is 3.17. The second-order valence-electron chi connectivity index (χ2n) is 11.0. The summed E-state index contributed by atoms with van der Waals surface area (Å²) >= 11 is 5.90. The maximum atomic E-state index is 14.5. The molecular formula is C28H27ClFN7O4. The highest BCUT2D eigenvalue weighted by Crippen LogP contribution is 2.43. The van der Waals surface area contributed by atoms with E-state index in [1.54, 1.807) is 12.4 Å². The fraction of sp³-hybridized carbons (Fsp3) is 0.357. The number of aliphatic carboxylic acids is 1. The minimum atomic E-state index is -1.42. The molecule has 6 rings (SSSR count). The molecule has 13 heteroatoms. The number of rotatable bonds is 10. The van der Waals surface area contributed by atoms with Crippen molar-refractivity contribution in [2.45, 2.75) is 58.1 Å². The van der Waals surface area contributed by atoms with Crippen molar-refractivity contribution in [2.24, 2.45) is 5.41 Å². The topological polar surface area (TPSA) is 140 Å². The van der Waals surface area contributed by atoms with Crippen molar-refractivity contribution >= 4 is 34.5 Å². The van der Waals surface area contributed by atoms with Crippen LogP contribution in [0.5, 0.6) is 0 Å². The third-order valence-corrected chi connectivity index (χ3v) is 7.93. The molecule has 1 atom stereocenters. The number of carboxylic acid groups (broad SMARTS) is 1. The highest BCUT2D eigenvalue weighted by Gasteiger charge is 2.39. The highest BCUT2D eigenvalue weighted by atomic mass is 35.5. The van der Waals surface area contributed by atoms with E-state index in [-0.39, 0.29) is 41.4 Å². The number of carbonyl (C=O) groups excluding carboxylic acids is 1. The Morgan fingerprint density at radius 3 is 2.73 bits per heavy atom. The van der Waals surface area contributed by atoms with E-state index in [4.69, 9.17) is 11.6 Å². The molecule has 212 valence electrons. The lowest BCUT2D eigenvalue weighted by atomic mass is 9.82. The number of fused-ring (bicyclic) bond motifs is 2. The molecule has 5 aromatic heterocycles. The zero-order chi connectivity index (χ0) is 29.1. The first-order valence-corrected chi connectivity index (χ1v) is 13.6. The predicted octanol–water partition coefficient (Wildman–Crippen LogP) is 4.25. The number of hydrogen-bond donors (Lipinski definition) is 2. The third kappa shape index (κ3) is 4.97. The number of imidazole rings is 2. The average molecular weight is 580 g/mol. The van der Waals surface area contributed by atoms with Gasteiger partial charge in [-0.3, -0.25) is 9.59 Å². The number of Topliss-reactive ketones (excluding diaryl/α,β-unsaturated/α-hetero) is 1. The van der Waals surface area contributed by atoms with E-state index >= 15 is 0 Å². The number of pyridine rings is 2. The molecule has 0 aromatic carbocycles. The summed E-state index contributed by atoms with van der Waals surface area (Å²) in [7, 11) is 0. The third-order valence-electron chi connectivity index (χ3n) is 7.63. The van der Waals surface area contributed by atoms with Gasteiger partial charge in [0.05, 0.1) is 47.0 Å². The van der Waals surface area contributed by atoms with E-state index in [0.29, 0.717) is 28.5 Å². The number of halogens is 2. The number of ketones is 1. The van der Waals surface area contributed by atoms with Gasteiger partial charge in [-0.15, -0.1) is 5.10 Å². The number of aliphatic hydroxyl groups is 1. The Hall–Kier alpha value is -4.16. The summed E-state index contributed by atoms with van der Waals surface area (Å²) < 4.78 is 19.3. The first-order chi connectivity index (χ1) is 19.5. The van der Waals surface area contributed by atoms with E-state index in [1.807, 2.05) is 16.7 Å². The predicted molar refractivity (Wildman–Crippen MR) is 145 cm³/mol. The smallest absolute Gasteiger partial charge is 0.312 e. The lowest BCUT2D eigenvalue weighted by molar-refractivity contribution is -0.153. The van der Waals surface area contributed by atoms with Crippen LogP contribution < -0.4 is 0 Å². The molecule has 1 aliphatic rings. The van der Waals surface area contributed by atoms with Gasteiger partial charge in [-0.05, 0) is 56.7 Å². The van der Waals surface area contributed by atoms with Gasteiger partial charge >= 0.3 is 5.97 Å². The molecule has 1 unspecified atom stereocenters. The van der Waals surface area contributed by atoms with E-state index in [9.17, 15) is 24.2 Å². The molecule has 5 heterocycles. The van der Waals surface area contributed by atoms with Crippen molar-refractivity contribution in [2.75, 3.05) is 0 Å². The SMILES string of the molecule is CC(C)(C(=O)O)C(O)c1cc(C2CC2)cn2cc(Cn3cc(C(=O)CCc4ncn5ccc(Cl)c(F)c45)nn3)nc12. The minimum Gasteiger partial charge on any atom is -0.481 e. The molecule has 0 spiro atoms. The van der Waals surface area contributed by atoms with Crippen LogP contribution >= 0.6 is 11.6 Å². The summed E-state index contributed by atoms with van der Waals surface area (Å²) in [6, 6.07) is 3.29. The summed E-state index contributed by atoms with van der Waals surface area (Å²) in [6.07, 6.45) is 9.42. The molecular weight excluding hydrogens is 553 g/mol. The molecule has 0 amide bonds. The zero-order valence-corrected chi connectivity index (χ0v) is 23.1. The molecule has 11 nitrogen and oxygen atoms in total. The van der Waals surface area contributed by atoms with Gasteiger partial charge in [0, 0.05) is 30.6 Å². The normalized spacial score (nSPS) is 14.7. The van der Waals surface area contributed by atoms with Crippen LogP contribution in [-0.2, 0) is 17.8 Å². The van der Waals surface area contributed by atoms with Crippen molar-refractivity contribution in [3.05, 3.63) is 82.3 Å². The standard InChI is InChI=1S/C28H27ClFN7O4/c1-28(2,27(40)41)25(39)18-9-16(15-3-4-15)10-36-11-17(32-26(18)36)12-37-13-21(33-34-37)22(38)6-5-20-24-23(30)19(29)7-8-35(24)14-31-20/h7-11,13-15,25,39H,3-6,12H2,1-2H3,(H,40,41).